The van der Waals surface area contributed by atoms with E-state index in [4.69, 9.17) is 22.1 Å². The number of likely N-dealkylation sites (N-methyl/N-ethyl adjacent to an activating group) is 1. The number of carbonyl (C=O) groups is 1. The second-order valence-electron chi connectivity index (χ2n) is 7.68. The van der Waals surface area contributed by atoms with E-state index in [1.165, 1.54) is 0 Å². The predicted octanol–water partition coefficient (Wildman–Crippen LogP) is 2.37. The van der Waals surface area contributed by atoms with Gasteiger partial charge < -0.3 is 20.5 Å². The van der Waals surface area contributed by atoms with Crippen LogP contribution in [0.15, 0.2) is 42.5 Å². The van der Waals surface area contributed by atoms with E-state index < -0.39 is 5.91 Å². The van der Waals surface area contributed by atoms with Gasteiger partial charge in [-0.2, -0.15) is 0 Å². The molecular formula is C22H28ClN3O3. The third kappa shape index (κ3) is 5.28. The summed E-state index contributed by atoms with van der Waals surface area (Å²) in [5, 5.41) is 10.5. The average molecular weight is 418 g/mol. The minimum Gasteiger partial charge on any atom is -0.483 e. The van der Waals surface area contributed by atoms with Crippen LogP contribution in [-0.4, -0.2) is 66.8 Å². The van der Waals surface area contributed by atoms with Crippen molar-refractivity contribution in [3.8, 4) is 16.9 Å². The van der Waals surface area contributed by atoms with E-state index in [-0.39, 0.29) is 19.3 Å². The minimum atomic E-state index is -0.520. The molecule has 2 atom stereocenters. The Balaban J connectivity index is 1.92. The molecule has 1 aliphatic rings. The molecule has 0 aliphatic carbocycles. The van der Waals surface area contributed by atoms with Gasteiger partial charge in [0.15, 0.2) is 6.61 Å². The average Bonchev–Trinajstić information content (AvgIpc) is 3.10. The first-order valence-electron chi connectivity index (χ1n) is 9.69. The number of ether oxygens (including phenoxy) is 1. The Morgan fingerprint density at radius 2 is 2.07 bits per heavy atom. The van der Waals surface area contributed by atoms with Crippen molar-refractivity contribution in [1.82, 2.24) is 9.80 Å². The number of aliphatic hydroxyl groups excluding tert-OH is 1. The fourth-order valence-corrected chi connectivity index (χ4v) is 4.03. The van der Waals surface area contributed by atoms with Gasteiger partial charge in [-0.05, 0) is 44.3 Å². The zero-order chi connectivity index (χ0) is 21.0. The first-order chi connectivity index (χ1) is 13.9. The van der Waals surface area contributed by atoms with E-state index in [0.29, 0.717) is 23.4 Å². The number of aliphatic hydroxyl groups is 1. The highest BCUT2D eigenvalue weighted by Crippen LogP contribution is 2.33. The standard InChI is InChI=1S/C22H28ClN3O3/c1-25(2)17-10-18(13-27)26(12-17)11-16-9-15(19-5-3-4-6-20(19)23)7-8-21(16)29-14-22(24)28/h3-9,17-18,27H,10-14H2,1-2H3,(H2,24,28)/t17-,18-/m0/s1. The third-order valence-corrected chi connectivity index (χ3v) is 5.77. The Morgan fingerprint density at radius 1 is 1.31 bits per heavy atom. The molecule has 29 heavy (non-hydrogen) atoms. The van der Waals surface area contributed by atoms with Crippen molar-refractivity contribution in [2.24, 2.45) is 5.73 Å². The number of nitrogens with two attached hydrogens (primary N) is 1. The summed E-state index contributed by atoms with van der Waals surface area (Å²) in [6.07, 6.45) is 0.908. The first-order valence-corrected chi connectivity index (χ1v) is 10.1. The summed E-state index contributed by atoms with van der Waals surface area (Å²) in [4.78, 5) is 15.7. The SMILES string of the molecule is CN(C)[C@H]1C[C@@H](CO)N(Cc2cc(-c3ccccc3Cl)ccc2OCC(N)=O)C1. The molecule has 0 unspecified atom stereocenters. The summed E-state index contributed by atoms with van der Waals surface area (Å²) in [5.74, 6) is 0.0952. The summed E-state index contributed by atoms with van der Waals surface area (Å²) in [6, 6.07) is 14.0. The summed E-state index contributed by atoms with van der Waals surface area (Å²) in [7, 11) is 4.12. The van der Waals surface area contributed by atoms with Crippen molar-refractivity contribution in [2.75, 3.05) is 33.9 Å². The molecule has 2 aromatic carbocycles. The largest absolute Gasteiger partial charge is 0.483 e. The molecule has 1 fully saturated rings. The number of hydrogen-bond donors (Lipinski definition) is 2. The van der Waals surface area contributed by atoms with E-state index in [2.05, 4.69) is 23.9 Å². The van der Waals surface area contributed by atoms with Gasteiger partial charge >= 0.3 is 0 Å². The van der Waals surface area contributed by atoms with Crippen molar-refractivity contribution >= 4 is 17.5 Å². The van der Waals surface area contributed by atoms with Crippen LogP contribution in [0.25, 0.3) is 11.1 Å². The molecule has 7 heteroatoms. The lowest BCUT2D eigenvalue weighted by Gasteiger charge is -2.24. The second kappa shape index (κ2) is 9.59. The summed E-state index contributed by atoms with van der Waals surface area (Å²) in [6.45, 7) is 1.37. The molecule has 0 radical (unpaired) electrons. The van der Waals surface area contributed by atoms with Gasteiger partial charge in [-0.3, -0.25) is 9.69 Å². The molecule has 1 amide bonds. The minimum absolute atomic E-state index is 0.0790. The first kappa shape index (κ1) is 21.6. The predicted molar refractivity (Wildman–Crippen MR) is 115 cm³/mol. The van der Waals surface area contributed by atoms with E-state index in [0.717, 1.165) is 29.7 Å². The molecule has 1 heterocycles. The Morgan fingerprint density at radius 3 is 2.72 bits per heavy atom. The quantitative estimate of drug-likeness (QED) is 0.689. The Kier molecular flexibility index (Phi) is 7.14. The Labute approximate surface area is 176 Å². The number of nitrogens with zero attached hydrogens (tertiary/aromatic N) is 2. The lowest BCUT2D eigenvalue weighted by atomic mass is 10.0. The molecule has 6 nitrogen and oxygen atoms in total. The number of rotatable bonds is 8. The third-order valence-electron chi connectivity index (χ3n) is 5.44. The van der Waals surface area contributed by atoms with Gasteiger partial charge in [-0.15, -0.1) is 0 Å². The second-order valence-corrected chi connectivity index (χ2v) is 8.08. The van der Waals surface area contributed by atoms with Crippen LogP contribution in [0, 0.1) is 0 Å². The highest BCUT2D eigenvalue weighted by Gasteiger charge is 2.33. The number of likely N-dealkylation sites (tertiary alicyclic amines) is 1. The summed E-state index contributed by atoms with van der Waals surface area (Å²) < 4.78 is 5.67. The Hall–Kier alpha value is -2.12. The molecule has 0 bridgehead atoms. The molecule has 2 aromatic rings. The van der Waals surface area contributed by atoms with Crippen molar-refractivity contribution in [1.29, 1.82) is 0 Å². The van der Waals surface area contributed by atoms with E-state index in [9.17, 15) is 9.90 Å². The number of halogens is 1. The monoisotopic (exact) mass is 417 g/mol. The topological polar surface area (TPSA) is 79.0 Å². The van der Waals surface area contributed by atoms with Crippen LogP contribution in [0.5, 0.6) is 5.75 Å². The van der Waals surface area contributed by atoms with Crippen molar-refractivity contribution in [2.45, 2.75) is 25.0 Å². The van der Waals surface area contributed by atoms with Crippen molar-refractivity contribution in [3.63, 3.8) is 0 Å². The van der Waals surface area contributed by atoms with Crippen LogP contribution < -0.4 is 10.5 Å². The maximum Gasteiger partial charge on any atom is 0.255 e. The summed E-state index contributed by atoms with van der Waals surface area (Å²) in [5.41, 5.74) is 8.10. The zero-order valence-corrected chi connectivity index (χ0v) is 17.6. The number of hydrogen-bond acceptors (Lipinski definition) is 5. The van der Waals surface area contributed by atoms with Gasteiger partial charge in [0.2, 0.25) is 0 Å². The van der Waals surface area contributed by atoms with Gasteiger partial charge in [0.25, 0.3) is 5.91 Å². The lowest BCUT2D eigenvalue weighted by Crippen LogP contribution is -2.33. The van der Waals surface area contributed by atoms with Crippen LogP contribution in [0.2, 0.25) is 5.02 Å². The number of carbonyl (C=O) groups excluding carboxylic acids is 1. The number of benzene rings is 2. The zero-order valence-electron chi connectivity index (χ0n) is 16.8. The number of amides is 1. The molecule has 1 saturated heterocycles. The smallest absolute Gasteiger partial charge is 0.255 e. The van der Waals surface area contributed by atoms with Gasteiger partial charge in [0.05, 0.1) is 6.61 Å². The van der Waals surface area contributed by atoms with Crippen LogP contribution >= 0.6 is 11.6 Å². The fourth-order valence-electron chi connectivity index (χ4n) is 3.79. The van der Waals surface area contributed by atoms with Crippen LogP contribution in [0.4, 0.5) is 0 Å². The normalized spacial score (nSPS) is 19.6. The lowest BCUT2D eigenvalue weighted by molar-refractivity contribution is -0.119. The van der Waals surface area contributed by atoms with Crippen LogP contribution in [-0.2, 0) is 11.3 Å². The molecule has 0 aromatic heterocycles. The number of primary amides is 1. The molecular weight excluding hydrogens is 390 g/mol. The van der Waals surface area contributed by atoms with Crippen molar-refractivity contribution in [3.05, 3.63) is 53.1 Å². The molecule has 1 aliphatic heterocycles. The van der Waals surface area contributed by atoms with Crippen LogP contribution in [0.3, 0.4) is 0 Å². The summed E-state index contributed by atoms with van der Waals surface area (Å²) >= 11 is 6.38. The van der Waals surface area contributed by atoms with Crippen molar-refractivity contribution < 1.29 is 14.6 Å². The maximum absolute atomic E-state index is 11.2. The molecule has 3 N–H and O–H groups in total. The van der Waals surface area contributed by atoms with E-state index in [1.807, 2.05) is 42.5 Å². The Bertz CT molecular complexity index is 859. The molecule has 0 saturated carbocycles. The highest BCUT2D eigenvalue weighted by molar-refractivity contribution is 6.33. The van der Waals surface area contributed by atoms with Gasteiger partial charge in [0.1, 0.15) is 5.75 Å². The molecule has 0 spiro atoms. The van der Waals surface area contributed by atoms with E-state index >= 15 is 0 Å². The van der Waals surface area contributed by atoms with Gasteiger partial charge in [0, 0.05) is 41.3 Å². The molecule has 156 valence electrons. The van der Waals surface area contributed by atoms with E-state index in [1.54, 1.807) is 0 Å². The van der Waals surface area contributed by atoms with Gasteiger partial charge in [-0.1, -0.05) is 35.9 Å². The van der Waals surface area contributed by atoms with Crippen LogP contribution in [0.1, 0.15) is 12.0 Å². The maximum atomic E-state index is 11.2. The van der Waals surface area contributed by atoms with Gasteiger partial charge in [-0.25, -0.2) is 0 Å². The fraction of sp³-hybridized carbons (Fsp3) is 0.409. The molecule has 3 rings (SSSR count). The highest BCUT2D eigenvalue weighted by atomic mass is 35.5.